The molecule has 0 bridgehead atoms. The van der Waals surface area contributed by atoms with Crippen molar-refractivity contribution >= 4 is 0 Å². The van der Waals surface area contributed by atoms with Crippen LogP contribution in [0.3, 0.4) is 0 Å². The molecule has 1 aromatic carbocycles. The van der Waals surface area contributed by atoms with Crippen LogP contribution in [0.1, 0.15) is 32.8 Å². The van der Waals surface area contributed by atoms with Crippen molar-refractivity contribution in [3.63, 3.8) is 0 Å². The van der Waals surface area contributed by atoms with Crippen LogP contribution in [0.5, 0.6) is 0 Å². The number of benzene rings is 1. The van der Waals surface area contributed by atoms with Crippen LogP contribution in [0.25, 0.3) is 0 Å². The van der Waals surface area contributed by atoms with E-state index in [-0.39, 0.29) is 0 Å². The molecule has 1 rings (SSSR count). The lowest BCUT2D eigenvalue weighted by Gasteiger charge is -2.22. The zero-order chi connectivity index (χ0) is 13.2. The van der Waals surface area contributed by atoms with Crippen LogP contribution in [0.15, 0.2) is 30.3 Å². The van der Waals surface area contributed by atoms with Gasteiger partial charge in [-0.3, -0.25) is 0 Å². The van der Waals surface area contributed by atoms with E-state index in [1.165, 1.54) is 12.0 Å². The molecule has 1 unspecified atom stereocenters. The lowest BCUT2D eigenvalue weighted by molar-refractivity contribution is 0.0248. The predicted octanol–water partition coefficient (Wildman–Crippen LogP) is 3.27. The minimum Gasteiger partial charge on any atom is -0.376 e. The van der Waals surface area contributed by atoms with Crippen LogP contribution >= 0.6 is 0 Å². The maximum atomic E-state index is 5.99. The maximum Gasteiger partial charge on any atom is 0.0722 e. The van der Waals surface area contributed by atoms with E-state index in [4.69, 9.17) is 4.74 Å². The summed E-state index contributed by atoms with van der Waals surface area (Å²) in [6, 6.07) is 10.5. The van der Waals surface area contributed by atoms with Gasteiger partial charge in [-0.2, -0.15) is 0 Å². The van der Waals surface area contributed by atoms with E-state index in [9.17, 15) is 0 Å². The quantitative estimate of drug-likeness (QED) is 0.678. The van der Waals surface area contributed by atoms with E-state index in [1.807, 2.05) is 0 Å². The molecule has 2 heteroatoms. The lowest BCUT2D eigenvalue weighted by atomic mass is 10.1. The summed E-state index contributed by atoms with van der Waals surface area (Å²) in [7, 11) is 0. The highest BCUT2D eigenvalue weighted by molar-refractivity contribution is 5.14. The van der Waals surface area contributed by atoms with Gasteiger partial charge in [0.05, 0.1) is 12.7 Å². The van der Waals surface area contributed by atoms with Crippen molar-refractivity contribution in [3.05, 3.63) is 35.9 Å². The molecule has 0 radical (unpaired) electrons. The highest BCUT2D eigenvalue weighted by Crippen LogP contribution is 2.07. The third kappa shape index (κ3) is 6.18. The first-order valence-corrected chi connectivity index (χ1v) is 7.10. The molecule has 18 heavy (non-hydrogen) atoms. The smallest absolute Gasteiger partial charge is 0.0722 e. The number of rotatable bonds is 9. The van der Waals surface area contributed by atoms with Crippen molar-refractivity contribution < 1.29 is 4.74 Å². The second kappa shape index (κ2) is 9.12. The third-order valence-corrected chi connectivity index (χ3v) is 3.08. The van der Waals surface area contributed by atoms with Gasteiger partial charge in [-0.15, -0.1) is 0 Å². The largest absolute Gasteiger partial charge is 0.376 e. The van der Waals surface area contributed by atoms with Gasteiger partial charge in [0, 0.05) is 6.54 Å². The van der Waals surface area contributed by atoms with Crippen LogP contribution in [0, 0.1) is 5.92 Å². The Morgan fingerprint density at radius 1 is 1.17 bits per heavy atom. The molecule has 1 N–H and O–H groups in total. The van der Waals surface area contributed by atoms with E-state index in [2.05, 4.69) is 56.4 Å². The van der Waals surface area contributed by atoms with Gasteiger partial charge in [0.1, 0.15) is 0 Å². The van der Waals surface area contributed by atoms with Gasteiger partial charge in [0.25, 0.3) is 0 Å². The number of ether oxygens (including phenoxy) is 1. The van der Waals surface area contributed by atoms with E-state index in [0.717, 1.165) is 26.1 Å². The van der Waals surface area contributed by atoms with Crippen LogP contribution in [-0.4, -0.2) is 25.8 Å². The van der Waals surface area contributed by atoms with Gasteiger partial charge in [-0.1, -0.05) is 51.1 Å². The van der Waals surface area contributed by atoms with Gasteiger partial charge in [0.15, 0.2) is 0 Å². The Morgan fingerprint density at radius 2 is 1.89 bits per heavy atom. The average molecular weight is 249 g/mol. The van der Waals surface area contributed by atoms with Crippen molar-refractivity contribution in [2.45, 2.75) is 39.7 Å². The summed E-state index contributed by atoms with van der Waals surface area (Å²) >= 11 is 0. The molecule has 0 fully saturated rings. The number of hydrogen-bond donors (Lipinski definition) is 1. The molecule has 0 aliphatic carbocycles. The van der Waals surface area contributed by atoms with Crippen molar-refractivity contribution in [2.75, 3.05) is 19.7 Å². The fourth-order valence-electron chi connectivity index (χ4n) is 1.88. The molecule has 0 spiro atoms. The summed E-state index contributed by atoms with van der Waals surface area (Å²) in [6.07, 6.45) is 2.49. The second-order valence-electron chi connectivity index (χ2n) is 5.09. The Labute approximate surface area is 112 Å². The predicted molar refractivity (Wildman–Crippen MR) is 77.9 cm³/mol. The normalized spacial score (nSPS) is 12.9. The molecule has 0 aliphatic heterocycles. The Bertz CT molecular complexity index is 297. The van der Waals surface area contributed by atoms with Crippen molar-refractivity contribution in [2.24, 2.45) is 5.92 Å². The van der Waals surface area contributed by atoms with Gasteiger partial charge in [0.2, 0.25) is 0 Å². The highest BCUT2D eigenvalue weighted by Gasteiger charge is 2.12. The Balaban J connectivity index is 2.25. The zero-order valence-corrected chi connectivity index (χ0v) is 12.0. The number of hydrogen-bond acceptors (Lipinski definition) is 2. The van der Waals surface area contributed by atoms with Gasteiger partial charge in [-0.05, 0) is 30.9 Å². The summed E-state index contributed by atoms with van der Waals surface area (Å²) in [5.74, 6) is 0.560. The van der Waals surface area contributed by atoms with Crippen LogP contribution in [0.2, 0.25) is 0 Å². The summed E-state index contributed by atoms with van der Waals surface area (Å²) in [6.45, 7) is 9.47. The van der Waals surface area contributed by atoms with E-state index in [0.29, 0.717) is 12.0 Å². The monoisotopic (exact) mass is 249 g/mol. The molecule has 0 amide bonds. The summed E-state index contributed by atoms with van der Waals surface area (Å²) < 4.78 is 5.99. The molecular weight excluding hydrogens is 222 g/mol. The SMILES string of the molecule is CCCNCC(OCCc1ccccc1)C(C)C. The lowest BCUT2D eigenvalue weighted by Crippen LogP contribution is -2.34. The molecule has 0 aromatic heterocycles. The molecule has 2 nitrogen and oxygen atoms in total. The topological polar surface area (TPSA) is 21.3 Å². The molecule has 0 saturated carbocycles. The van der Waals surface area contributed by atoms with Crippen LogP contribution < -0.4 is 5.32 Å². The van der Waals surface area contributed by atoms with Crippen molar-refractivity contribution in [1.82, 2.24) is 5.32 Å². The van der Waals surface area contributed by atoms with Crippen molar-refractivity contribution in [3.8, 4) is 0 Å². The van der Waals surface area contributed by atoms with E-state index in [1.54, 1.807) is 0 Å². The average Bonchev–Trinajstić information content (AvgIpc) is 2.38. The number of nitrogens with one attached hydrogen (secondary N) is 1. The molecule has 102 valence electrons. The highest BCUT2D eigenvalue weighted by atomic mass is 16.5. The first-order valence-electron chi connectivity index (χ1n) is 7.10. The molecule has 0 heterocycles. The Hall–Kier alpha value is -0.860. The first-order chi connectivity index (χ1) is 8.74. The second-order valence-corrected chi connectivity index (χ2v) is 5.09. The summed E-state index contributed by atoms with van der Waals surface area (Å²) in [5, 5.41) is 3.44. The Kier molecular flexibility index (Phi) is 7.70. The first kappa shape index (κ1) is 15.2. The van der Waals surface area contributed by atoms with Crippen molar-refractivity contribution in [1.29, 1.82) is 0 Å². The fraction of sp³-hybridized carbons (Fsp3) is 0.625. The van der Waals surface area contributed by atoms with Gasteiger partial charge in [-0.25, -0.2) is 0 Å². The van der Waals surface area contributed by atoms with Crippen LogP contribution in [-0.2, 0) is 11.2 Å². The zero-order valence-electron chi connectivity index (χ0n) is 12.0. The minimum atomic E-state index is 0.320. The molecule has 1 atom stereocenters. The minimum absolute atomic E-state index is 0.320. The van der Waals surface area contributed by atoms with Gasteiger partial charge < -0.3 is 10.1 Å². The molecule has 1 aromatic rings. The summed E-state index contributed by atoms with van der Waals surface area (Å²) in [5.41, 5.74) is 1.35. The summed E-state index contributed by atoms with van der Waals surface area (Å²) in [4.78, 5) is 0. The van der Waals surface area contributed by atoms with E-state index >= 15 is 0 Å². The molecule has 0 aliphatic rings. The van der Waals surface area contributed by atoms with Gasteiger partial charge >= 0.3 is 0 Å². The third-order valence-electron chi connectivity index (χ3n) is 3.08. The molecular formula is C16H27NO. The fourth-order valence-corrected chi connectivity index (χ4v) is 1.88. The van der Waals surface area contributed by atoms with E-state index < -0.39 is 0 Å². The standard InChI is InChI=1S/C16H27NO/c1-4-11-17-13-16(14(2)3)18-12-10-15-8-6-5-7-9-15/h5-9,14,16-17H,4,10-13H2,1-3H3. The maximum absolute atomic E-state index is 5.99. The Morgan fingerprint density at radius 3 is 2.50 bits per heavy atom. The molecule has 0 saturated heterocycles. The van der Waals surface area contributed by atoms with Crippen LogP contribution in [0.4, 0.5) is 0 Å².